The summed E-state index contributed by atoms with van der Waals surface area (Å²) in [5, 5.41) is 5.85. The molecule has 1 amide bonds. The molecule has 0 saturated heterocycles. The lowest BCUT2D eigenvalue weighted by atomic mass is 10.1. The summed E-state index contributed by atoms with van der Waals surface area (Å²) in [4.78, 5) is 20.4. The van der Waals surface area contributed by atoms with E-state index in [1.54, 1.807) is 26.5 Å². The Morgan fingerprint density at radius 3 is 2.79 bits per heavy atom. The highest BCUT2D eigenvalue weighted by Crippen LogP contribution is 2.17. The second-order valence-corrected chi connectivity index (χ2v) is 5.00. The molecule has 0 spiro atoms. The molecule has 7 nitrogen and oxygen atoms in total. The molecule has 2 rings (SSSR count). The van der Waals surface area contributed by atoms with Crippen LogP contribution in [0.25, 0.3) is 0 Å². The predicted octanol–water partition coefficient (Wildman–Crippen LogP) is 1.52. The van der Waals surface area contributed by atoms with Crippen molar-refractivity contribution in [2.45, 2.75) is 6.42 Å². The molecule has 7 heteroatoms. The first-order chi connectivity index (χ1) is 11.7. The zero-order valence-electron chi connectivity index (χ0n) is 13.9. The van der Waals surface area contributed by atoms with Crippen LogP contribution in [-0.4, -0.2) is 49.8 Å². The van der Waals surface area contributed by atoms with E-state index in [4.69, 9.17) is 9.47 Å². The van der Waals surface area contributed by atoms with Crippen LogP contribution in [-0.2, 0) is 11.2 Å². The molecule has 24 heavy (non-hydrogen) atoms. The van der Waals surface area contributed by atoms with Crippen molar-refractivity contribution in [2.75, 3.05) is 39.2 Å². The van der Waals surface area contributed by atoms with Gasteiger partial charge in [-0.1, -0.05) is 18.2 Å². The van der Waals surface area contributed by atoms with Crippen molar-refractivity contribution in [3.05, 3.63) is 47.8 Å². The first kappa shape index (κ1) is 17.7. The maximum atomic E-state index is 12.2. The number of ether oxygens (including phenoxy) is 2. The van der Waals surface area contributed by atoms with Crippen LogP contribution >= 0.6 is 0 Å². The monoisotopic (exact) mass is 330 g/mol. The Hall–Kier alpha value is -2.67. The Morgan fingerprint density at radius 2 is 2.00 bits per heavy atom. The van der Waals surface area contributed by atoms with Crippen LogP contribution in [0.15, 0.2) is 36.5 Å². The van der Waals surface area contributed by atoms with Crippen LogP contribution in [0.4, 0.5) is 5.95 Å². The van der Waals surface area contributed by atoms with Gasteiger partial charge in [-0.2, -0.15) is 0 Å². The summed E-state index contributed by atoms with van der Waals surface area (Å²) < 4.78 is 10.2. The van der Waals surface area contributed by atoms with E-state index >= 15 is 0 Å². The fourth-order valence-corrected chi connectivity index (χ4v) is 2.15. The zero-order chi connectivity index (χ0) is 17.2. The van der Waals surface area contributed by atoms with E-state index < -0.39 is 0 Å². The van der Waals surface area contributed by atoms with Gasteiger partial charge in [0.2, 0.25) is 5.95 Å². The number of hydrogen-bond acceptors (Lipinski definition) is 6. The van der Waals surface area contributed by atoms with Gasteiger partial charge >= 0.3 is 0 Å². The first-order valence-electron chi connectivity index (χ1n) is 7.70. The quantitative estimate of drug-likeness (QED) is 0.678. The lowest BCUT2D eigenvalue weighted by molar-refractivity contribution is 0.0949. The Labute approximate surface area is 141 Å². The van der Waals surface area contributed by atoms with Gasteiger partial charge in [0.1, 0.15) is 11.4 Å². The third kappa shape index (κ3) is 5.20. The smallest absolute Gasteiger partial charge is 0.270 e. The summed E-state index contributed by atoms with van der Waals surface area (Å²) in [5.74, 6) is 0.991. The molecule has 0 aliphatic heterocycles. The van der Waals surface area contributed by atoms with E-state index in [-0.39, 0.29) is 5.91 Å². The van der Waals surface area contributed by atoms with E-state index in [2.05, 4.69) is 20.6 Å². The maximum Gasteiger partial charge on any atom is 0.270 e. The summed E-state index contributed by atoms with van der Waals surface area (Å²) >= 11 is 0. The average molecular weight is 330 g/mol. The van der Waals surface area contributed by atoms with E-state index in [1.807, 2.05) is 24.3 Å². The van der Waals surface area contributed by atoms with Gasteiger partial charge in [0.05, 0.1) is 13.7 Å². The van der Waals surface area contributed by atoms with Crippen molar-refractivity contribution in [3.8, 4) is 5.75 Å². The number of amides is 1. The predicted molar refractivity (Wildman–Crippen MR) is 91.4 cm³/mol. The molecule has 1 aromatic heterocycles. The molecule has 2 N–H and O–H groups in total. The number of nitrogens with one attached hydrogen (secondary N) is 2. The summed E-state index contributed by atoms with van der Waals surface area (Å²) in [6, 6.07) is 9.33. The van der Waals surface area contributed by atoms with Crippen molar-refractivity contribution in [1.29, 1.82) is 0 Å². The number of benzene rings is 1. The number of anilines is 1. The SMILES string of the molecule is COCCNc1nccc(C(=O)NCCc2ccccc2OC)n1. The summed E-state index contributed by atoms with van der Waals surface area (Å²) in [7, 11) is 3.25. The number of para-hydroxylation sites is 1. The molecule has 0 bridgehead atoms. The molecule has 0 saturated carbocycles. The highest BCUT2D eigenvalue weighted by Gasteiger charge is 2.09. The molecule has 1 heterocycles. The summed E-state index contributed by atoms with van der Waals surface area (Å²) in [6.45, 7) is 1.61. The van der Waals surface area contributed by atoms with Crippen molar-refractivity contribution in [3.63, 3.8) is 0 Å². The molecular formula is C17H22N4O3. The first-order valence-corrected chi connectivity index (χ1v) is 7.70. The fourth-order valence-electron chi connectivity index (χ4n) is 2.15. The van der Waals surface area contributed by atoms with Crippen molar-refractivity contribution in [1.82, 2.24) is 15.3 Å². The van der Waals surface area contributed by atoms with Crippen LogP contribution < -0.4 is 15.4 Å². The molecular weight excluding hydrogens is 308 g/mol. The molecule has 1 aromatic carbocycles. The van der Waals surface area contributed by atoms with Crippen LogP contribution in [0.3, 0.4) is 0 Å². The minimum Gasteiger partial charge on any atom is -0.496 e. The van der Waals surface area contributed by atoms with Crippen LogP contribution in [0, 0.1) is 0 Å². The van der Waals surface area contributed by atoms with Gasteiger partial charge in [0, 0.05) is 26.4 Å². The molecule has 0 aliphatic rings. The van der Waals surface area contributed by atoms with Gasteiger partial charge in [-0.3, -0.25) is 4.79 Å². The van der Waals surface area contributed by atoms with Gasteiger partial charge in [-0.15, -0.1) is 0 Å². The standard InChI is InChI=1S/C17H22N4O3/c1-23-12-11-20-17-19-10-8-14(21-17)16(22)18-9-7-13-5-3-4-6-15(13)24-2/h3-6,8,10H,7,9,11-12H2,1-2H3,(H,18,22)(H,19,20,21). The fraction of sp³-hybridized carbons (Fsp3) is 0.353. The topological polar surface area (TPSA) is 85.4 Å². The molecule has 0 unspecified atom stereocenters. The van der Waals surface area contributed by atoms with E-state index in [0.717, 1.165) is 11.3 Å². The van der Waals surface area contributed by atoms with Gasteiger partial charge in [0.25, 0.3) is 5.91 Å². The third-order valence-electron chi connectivity index (χ3n) is 3.35. The maximum absolute atomic E-state index is 12.2. The van der Waals surface area contributed by atoms with Crippen molar-refractivity contribution >= 4 is 11.9 Å². The minimum absolute atomic E-state index is 0.234. The number of aromatic nitrogens is 2. The van der Waals surface area contributed by atoms with Gasteiger partial charge < -0.3 is 20.1 Å². The highest BCUT2D eigenvalue weighted by molar-refractivity contribution is 5.92. The number of methoxy groups -OCH3 is 2. The number of nitrogens with zero attached hydrogens (tertiary/aromatic N) is 2. The lowest BCUT2D eigenvalue weighted by Gasteiger charge is -2.09. The third-order valence-corrected chi connectivity index (χ3v) is 3.35. The Balaban J connectivity index is 1.87. The van der Waals surface area contributed by atoms with E-state index in [1.165, 1.54) is 0 Å². The molecule has 128 valence electrons. The van der Waals surface area contributed by atoms with Crippen molar-refractivity contribution in [2.24, 2.45) is 0 Å². The Kier molecular flexibility index (Phi) is 6.97. The molecule has 0 radical (unpaired) electrons. The summed E-state index contributed by atoms with van der Waals surface area (Å²) in [5.41, 5.74) is 1.37. The van der Waals surface area contributed by atoms with Gasteiger partial charge in [-0.05, 0) is 24.1 Å². The van der Waals surface area contributed by atoms with Gasteiger partial charge in [-0.25, -0.2) is 9.97 Å². The van der Waals surface area contributed by atoms with Crippen molar-refractivity contribution < 1.29 is 14.3 Å². The number of carbonyl (C=O) groups excluding carboxylic acids is 1. The molecule has 2 aromatic rings. The van der Waals surface area contributed by atoms with E-state index in [9.17, 15) is 4.79 Å². The normalized spacial score (nSPS) is 10.2. The molecule has 0 atom stereocenters. The Morgan fingerprint density at radius 1 is 1.17 bits per heavy atom. The summed E-state index contributed by atoms with van der Waals surface area (Å²) in [6.07, 6.45) is 2.23. The molecule has 0 aliphatic carbocycles. The molecule has 0 fully saturated rings. The second-order valence-electron chi connectivity index (χ2n) is 5.00. The van der Waals surface area contributed by atoms with Crippen LogP contribution in [0.1, 0.15) is 16.1 Å². The second kappa shape index (κ2) is 9.46. The number of hydrogen-bond donors (Lipinski definition) is 2. The highest BCUT2D eigenvalue weighted by atomic mass is 16.5. The van der Waals surface area contributed by atoms with Crippen LogP contribution in [0.5, 0.6) is 5.75 Å². The number of carbonyl (C=O) groups is 1. The Bertz CT molecular complexity index is 664. The zero-order valence-corrected chi connectivity index (χ0v) is 13.9. The minimum atomic E-state index is -0.234. The number of rotatable bonds is 9. The van der Waals surface area contributed by atoms with Gasteiger partial charge in [0.15, 0.2) is 0 Å². The van der Waals surface area contributed by atoms with Crippen LogP contribution in [0.2, 0.25) is 0 Å². The average Bonchev–Trinajstić information content (AvgIpc) is 2.62. The largest absolute Gasteiger partial charge is 0.496 e. The van der Waals surface area contributed by atoms with E-state index in [0.29, 0.717) is 37.8 Å². The lowest BCUT2D eigenvalue weighted by Crippen LogP contribution is -2.27.